The lowest BCUT2D eigenvalue weighted by molar-refractivity contribution is -0.147. The molecular formula is C27H37N5O4. The molecule has 1 aliphatic heterocycles. The maximum Gasteiger partial charge on any atom is 0.242 e. The van der Waals surface area contributed by atoms with Crippen molar-refractivity contribution in [3.8, 4) is 22.8 Å². The molecule has 2 heterocycles. The first kappa shape index (κ1) is 25.7. The van der Waals surface area contributed by atoms with Gasteiger partial charge in [0.2, 0.25) is 11.8 Å². The van der Waals surface area contributed by atoms with E-state index in [-0.39, 0.29) is 30.3 Å². The minimum Gasteiger partial charge on any atom is -0.493 e. The fourth-order valence-corrected chi connectivity index (χ4v) is 4.64. The molecule has 0 spiro atoms. The van der Waals surface area contributed by atoms with Gasteiger partial charge < -0.3 is 24.2 Å². The third-order valence-corrected chi connectivity index (χ3v) is 7.45. The molecular weight excluding hydrogens is 458 g/mol. The molecule has 2 fully saturated rings. The molecule has 2 aromatic rings. The number of hydrogen-bond acceptors (Lipinski definition) is 7. The summed E-state index contributed by atoms with van der Waals surface area (Å²) in [6, 6.07) is 9.62. The topological polar surface area (TPSA) is 88.1 Å². The summed E-state index contributed by atoms with van der Waals surface area (Å²) in [6.45, 7) is 6.82. The van der Waals surface area contributed by atoms with E-state index in [2.05, 4.69) is 22.0 Å². The van der Waals surface area contributed by atoms with Gasteiger partial charge in [-0.2, -0.15) is 0 Å². The number of rotatable bonds is 9. The van der Waals surface area contributed by atoms with Gasteiger partial charge in [-0.15, -0.1) is 10.2 Å². The highest BCUT2D eigenvalue weighted by molar-refractivity contribution is 5.86. The lowest BCUT2D eigenvalue weighted by Gasteiger charge is -2.38. The summed E-state index contributed by atoms with van der Waals surface area (Å²) in [5, 5.41) is 8.85. The number of methoxy groups -OCH3 is 2. The van der Waals surface area contributed by atoms with E-state index in [9.17, 15) is 9.59 Å². The number of amides is 2. The van der Waals surface area contributed by atoms with Gasteiger partial charge in [-0.25, -0.2) is 0 Å². The minimum absolute atomic E-state index is 0.0255. The van der Waals surface area contributed by atoms with Crippen LogP contribution in [0.15, 0.2) is 30.3 Å². The van der Waals surface area contributed by atoms with Crippen LogP contribution in [-0.4, -0.2) is 84.8 Å². The quantitative estimate of drug-likeness (QED) is 0.528. The summed E-state index contributed by atoms with van der Waals surface area (Å²) < 4.78 is 10.7. The first-order valence-corrected chi connectivity index (χ1v) is 12.8. The fraction of sp³-hybridized carbons (Fsp3) is 0.556. The van der Waals surface area contributed by atoms with Gasteiger partial charge in [0.15, 0.2) is 17.3 Å². The summed E-state index contributed by atoms with van der Waals surface area (Å²) in [5.74, 6) is 2.36. The van der Waals surface area contributed by atoms with Gasteiger partial charge >= 0.3 is 0 Å². The summed E-state index contributed by atoms with van der Waals surface area (Å²) in [7, 11) is 3.21. The number of ether oxygens (including phenoxy) is 2. The standard InChI is InChI=1S/C27H37N5O4/c1-5-19(2)32(27(34)20-7-6-8-20)18-26(33)31-15-13-30(14-16-31)25-12-10-22(28-29-25)21-9-11-23(35-3)24(17-21)36-4/h9-12,17,19-20H,5-8,13-16,18H2,1-4H3/t19-/m1/s1. The van der Waals surface area contributed by atoms with Crippen molar-refractivity contribution in [2.24, 2.45) is 5.92 Å². The zero-order valence-corrected chi connectivity index (χ0v) is 21.8. The maximum atomic E-state index is 13.1. The maximum absolute atomic E-state index is 13.1. The summed E-state index contributed by atoms with van der Waals surface area (Å²) in [5.41, 5.74) is 1.64. The van der Waals surface area contributed by atoms with E-state index in [1.165, 1.54) is 0 Å². The van der Waals surface area contributed by atoms with Crippen LogP contribution in [0.3, 0.4) is 0 Å². The zero-order valence-electron chi connectivity index (χ0n) is 21.8. The molecule has 1 saturated carbocycles. The van der Waals surface area contributed by atoms with Gasteiger partial charge in [0.25, 0.3) is 0 Å². The van der Waals surface area contributed by atoms with Crippen molar-refractivity contribution in [2.75, 3.05) is 51.8 Å². The molecule has 0 radical (unpaired) electrons. The highest BCUT2D eigenvalue weighted by Crippen LogP contribution is 2.32. The second kappa shape index (κ2) is 11.6. The Hall–Kier alpha value is -3.36. The van der Waals surface area contributed by atoms with Gasteiger partial charge in [-0.3, -0.25) is 9.59 Å². The number of hydrogen-bond donors (Lipinski definition) is 0. The molecule has 9 heteroatoms. The number of aromatic nitrogens is 2. The minimum atomic E-state index is 0.0255. The molecule has 1 aromatic heterocycles. The second-order valence-electron chi connectivity index (χ2n) is 9.57. The highest BCUT2D eigenvalue weighted by atomic mass is 16.5. The zero-order chi connectivity index (χ0) is 25.7. The molecule has 4 rings (SSSR count). The Balaban J connectivity index is 1.34. The lowest BCUT2D eigenvalue weighted by Crippen LogP contribution is -2.54. The van der Waals surface area contributed by atoms with Gasteiger partial charge in [-0.1, -0.05) is 13.3 Å². The normalized spacial score (nSPS) is 16.8. The Kier molecular flexibility index (Phi) is 8.28. The van der Waals surface area contributed by atoms with Crippen molar-refractivity contribution >= 4 is 17.6 Å². The van der Waals surface area contributed by atoms with Gasteiger partial charge in [0.05, 0.1) is 26.5 Å². The van der Waals surface area contributed by atoms with Crippen LogP contribution in [0.4, 0.5) is 5.82 Å². The molecule has 1 aliphatic carbocycles. The first-order valence-electron chi connectivity index (χ1n) is 12.8. The van der Waals surface area contributed by atoms with Crippen LogP contribution in [0.5, 0.6) is 11.5 Å². The molecule has 1 aromatic carbocycles. The van der Waals surface area contributed by atoms with Crippen molar-refractivity contribution in [1.29, 1.82) is 0 Å². The van der Waals surface area contributed by atoms with Gasteiger partial charge in [-0.05, 0) is 56.5 Å². The summed E-state index contributed by atoms with van der Waals surface area (Å²) >= 11 is 0. The van der Waals surface area contributed by atoms with Gasteiger partial charge in [0, 0.05) is 43.7 Å². The second-order valence-corrected chi connectivity index (χ2v) is 9.57. The first-order chi connectivity index (χ1) is 17.4. The molecule has 9 nitrogen and oxygen atoms in total. The van der Waals surface area contributed by atoms with E-state index in [0.29, 0.717) is 37.7 Å². The summed E-state index contributed by atoms with van der Waals surface area (Å²) in [4.78, 5) is 31.8. The van der Waals surface area contributed by atoms with Crippen molar-refractivity contribution in [3.63, 3.8) is 0 Å². The van der Waals surface area contributed by atoms with Crippen molar-refractivity contribution < 1.29 is 19.1 Å². The largest absolute Gasteiger partial charge is 0.493 e. The molecule has 2 aliphatic rings. The Bertz CT molecular complexity index is 1050. The van der Waals surface area contributed by atoms with Crippen LogP contribution in [0.2, 0.25) is 0 Å². The number of piperazine rings is 1. The Morgan fingerprint density at radius 1 is 1.03 bits per heavy atom. The average Bonchev–Trinajstić information content (AvgIpc) is 2.89. The number of nitrogens with zero attached hydrogens (tertiary/aromatic N) is 5. The van der Waals surface area contributed by atoms with E-state index >= 15 is 0 Å². The molecule has 0 bridgehead atoms. The van der Waals surface area contributed by atoms with Crippen LogP contribution in [0, 0.1) is 5.92 Å². The molecule has 1 atom stereocenters. The van der Waals surface area contributed by atoms with Crippen molar-refractivity contribution in [2.45, 2.75) is 45.6 Å². The highest BCUT2D eigenvalue weighted by Gasteiger charge is 2.33. The third-order valence-electron chi connectivity index (χ3n) is 7.45. The monoisotopic (exact) mass is 495 g/mol. The molecule has 1 saturated heterocycles. The molecule has 0 unspecified atom stereocenters. The Morgan fingerprint density at radius 3 is 2.31 bits per heavy atom. The fourth-order valence-electron chi connectivity index (χ4n) is 4.64. The van der Waals surface area contributed by atoms with E-state index in [1.807, 2.05) is 42.2 Å². The van der Waals surface area contributed by atoms with Crippen molar-refractivity contribution in [1.82, 2.24) is 20.0 Å². The molecule has 36 heavy (non-hydrogen) atoms. The van der Waals surface area contributed by atoms with Crippen LogP contribution >= 0.6 is 0 Å². The van der Waals surface area contributed by atoms with E-state index in [1.54, 1.807) is 19.1 Å². The predicted molar refractivity (Wildman–Crippen MR) is 138 cm³/mol. The number of anilines is 1. The van der Waals surface area contributed by atoms with Gasteiger partial charge in [0.1, 0.15) is 0 Å². The Morgan fingerprint density at radius 2 is 1.75 bits per heavy atom. The number of carbonyl (C=O) groups is 2. The Labute approximate surface area is 213 Å². The van der Waals surface area contributed by atoms with Crippen LogP contribution in [0.1, 0.15) is 39.5 Å². The average molecular weight is 496 g/mol. The van der Waals surface area contributed by atoms with E-state index in [4.69, 9.17) is 9.47 Å². The van der Waals surface area contributed by atoms with Crippen LogP contribution < -0.4 is 14.4 Å². The number of carbonyl (C=O) groups excluding carboxylic acids is 2. The predicted octanol–water partition coefficient (Wildman–Crippen LogP) is 3.24. The van der Waals surface area contributed by atoms with Crippen molar-refractivity contribution in [3.05, 3.63) is 30.3 Å². The lowest BCUT2D eigenvalue weighted by atomic mass is 9.84. The van der Waals surface area contributed by atoms with Crippen LogP contribution in [0.25, 0.3) is 11.3 Å². The number of benzene rings is 1. The molecule has 0 N–H and O–H groups in total. The van der Waals surface area contributed by atoms with Crippen LogP contribution in [-0.2, 0) is 9.59 Å². The SMILES string of the molecule is CC[C@@H](C)N(CC(=O)N1CCN(c2ccc(-c3ccc(OC)c(OC)c3)nn2)CC1)C(=O)C1CCC1. The third kappa shape index (κ3) is 5.55. The van der Waals surface area contributed by atoms with E-state index in [0.717, 1.165) is 42.8 Å². The smallest absolute Gasteiger partial charge is 0.242 e. The van der Waals surface area contributed by atoms with E-state index < -0.39 is 0 Å². The summed E-state index contributed by atoms with van der Waals surface area (Å²) in [6.07, 6.45) is 3.85. The molecule has 2 amide bonds. The molecule has 194 valence electrons.